The summed E-state index contributed by atoms with van der Waals surface area (Å²) in [5, 5.41) is 14.6. The molecule has 5 heteroatoms. The fourth-order valence-corrected chi connectivity index (χ4v) is 1.41. The first kappa shape index (κ1) is 12.8. The van der Waals surface area contributed by atoms with Crippen molar-refractivity contribution >= 4 is 23.3 Å². The summed E-state index contributed by atoms with van der Waals surface area (Å²) in [5.41, 5.74) is 0.640. The van der Waals surface area contributed by atoms with Gasteiger partial charge in [0, 0.05) is 23.4 Å². The van der Waals surface area contributed by atoms with E-state index in [0.717, 1.165) is 0 Å². The van der Waals surface area contributed by atoms with Gasteiger partial charge >= 0.3 is 6.03 Å². The van der Waals surface area contributed by atoms with Gasteiger partial charge in [0.2, 0.25) is 0 Å². The minimum Gasteiger partial charge on any atom is -0.396 e. The SMILES string of the molecule is CC(CCO)NC(=O)Nc1cccc(Cl)c1. The lowest BCUT2D eigenvalue weighted by molar-refractivity contribution is 0.241. The summed E-state index contributed by atoms with van der Waals surface area (Å²) >= 11 is 5.78. The molecule has 0 aliphatic heterocycles. The van der Waals surface area contributed by atoms with Crippen LogP contribution in [0.1, 0.15) is 13.3 Å². The number of rotatable bonds is 4. The van der Waals surface area contributed by atoms with Crippen molar-refractivity contribution in [2.45, 2.75) is 19.4 Å². The second-order valence-electron chi connectivity index (χ2n) is 3.52. The molecule has 1 aromatic rings. The first-order chi connectivity index (χ1) is 7.61. The number of amides is 2. The molecule has 16 heavy (non-hydrogen) atoms. The fraction of sp³-hybridized carbons (Fsp3) is 0.364. The Morgan fingerprint density at radius 3 is 2.94 bits per heavy atom. The van der Waals surface area contributed by atoms with Gasteiger partial charge in [0.1, 0.15) is 0 Å². The summed E-state index contributed by atoms with van der Waals surface area (Å²) in [6.07, 6.45) is 0.531. The fourth-order valence-electron chi connectivity index (χ4n) is 1.22. The van der Waals surface area contributed by atoms with E-state index < -0.39 is 0 Å². The van der Waals surface area contributed by atoms with Crippen LogP contribution in [0, 0.1) is 0 Å². The third kappa shape index (κ3) is 4.51. The first-order valence-electron chi connectivity index (χ1n) is 5.05. The van der Waals surface area contributed by atoms with E-state index in [1.165, 1.54) is 0 Å². The van der Waals surface area contributed by atoms with Gasteiger partial charge in [-0.2, -0.15) is 0 Å². The molecule has 0 bridgehead atoms. The van der Waals surface area contributed by atoms with Gasteiger partial charge in [-0.3, -0.25) is 0 Å². The quantitative estimate of drug-likeness (QED) is 0.758. The van der Waals surface area contributed by atoms with Crippen LogP contribution in [0.15, 0.2) is 24.3 Å². The second-order valence-corrected chi connectivity index (χ2v) is 3.96. The summed E-state index contributed by atoms with van der Waals surface area (Å²) in [6, 6.07) is 6.54. The van der Waals surface area contributed by atoms with Gasteiger partial charge in [-0.25, -0.2) is 4.79 Å². The number of hydrogen-bond donors (Lipinski definition) is 3. The van der Waals surface area contributed by atoms with Gasteiger partial charge in [-0.15, -0.1) is 0 Å². The van der Waals surface area contributed by atoms with E-state index >= 15 is 0 Å². The zero-order valence-electron chi connectivity index (χ0n) is 9.03. The van der Waals surface area contributed by atoms with Crippen LogP contribution in [0.5, 0.6) is 0 Å². The first-order valence-corrected chi connectivity index (χ1v) is 5.43. The molecule has 0 aliphatic rings. The van der Waals surface area contributed by atoms with Gasteiger partial charge in [-0.1, -0.05) is 17.7 Å². The lowest BCUT2D eigenvalue weighted by Gasteiger charge is -2.13. The molecule has 1 aromatic carbocycles. The maximum Gasteiger partial charge on any atom is 0.319 e. The van der Waals surface area contributed by atoms with Crippen LogP contribution in [-0.2, 0) is 0 Å². The molecule has 4 nitrogen and oxygen atoms in total. The molecular formula is C11H15ClN2O2. The highest BCUT2D eigenvalue weighted by atomic mass is 35.5. The van der Waals surface area contributed by atoms with Gasteiger partial charge in [0.15, 0.2) is 0 Å². The van der Waals surface area contributed by atoms with Crippen LogP contribution >= 0.6 is 11.6 Å². The molecule has 0 saturated heterocycles. The number of carbonyl (C=O) groups excluding carboxylic acids is 1. The van der Waals surface area contributed by atoms with E-state index in [0.29, 0.717) is 17.1 Å². The van der Waals surface area contributed by atoms with Crippen LogP contribution < -0.4 is 10.6 Å². The third-order valence-corrected chi connectivity index (χ3v) is 2.26. The molecule has 0 saturated carbocycles. The van der Waals surface area contributed by atoms with Gasteiger partial charge in [0.25, 0.3) is 0 Å². The number of aliphatic hydroxyl groups is 1. The highest BCUT2D eigenvalue weighted by molar-refractivity contribution is 6.30. The Labute approximate surface area is 99.6 Å². The largest absolute Gasteiger partial charge is 0.396 e. The molecule has 0 aliphatic carbocycles. The predicted octanol–water partition coefficient (Wildman–Crippen LogP) is 2.23. The van der Waals surface area contributed by atoms with E-state index in [9.17, 15) is 4.79 Å². The number of halogens is 1. The van der Waals surface area contributed by atoms with E-state index in [4.69, 9.17) is 16.7 Å². The third-order valence-electron chi connectivity index (χ3n) is 2.02. The van der Waals surface area contributed by atoms with Gasteiger partial charge < -0.3 is 15.7 Å². The molecule has 0 spiro atoms. The molecule has 1 rings (SSSR count). The molecule has 2 amide bonds. The monoisotopic (exact) mass is 242 g/mol. The predicted molar refractivity (Wildman–Crippen MR) is 64.8 cm³/mol. The van der Waals surface area contributed by atoms with Crippen LogP contribution in [0.2, 0.25) is 5.02 Å². The number of anilines is 1. The molecule has 88 valence electrons. The van der Waals surface area contributed by atoms with Crippen molar-refractivity contribution in [2.75, 3.05) is 11.9 Å². The average Bonchev–Trinajstić information content (AvgIpc) is 2.17. The summed E-state index contributed by atoms with van der Waals surface area (Å²) < 4.78 is 0. The smallest absolute Gasteiger partial charge is 0.319 e. The zero-order valence-corrected chi connectivity index (χ0v) is 9.79. The van der Waals surface area contributed by atoms with Crippen LogP contribution in [0.4, 0.5) is 10.5 Å². The number of nitrogens with one attached hydrogen (secondary N) is 2. The van der Waals surface area contributed by atoms with Gasteiger partial charge in [0.05, 0.1) is 0 Å². The Morgan fingerprint density at radius 2 is 2.31 bits per heavy atom. The van der Waals surface area contributed by atoms with Crippen molar-refractivity contribution in [3.63, 3.8) is 0 Å². The standard InChI is InChI=1S/C11H15ClN2O2/c1-8(5-6-15)13-11(16)14-10-4-2-3-9(12)7-10/h2-4,7-8,15H,5-6H2,1H3,(H2,13,14,16). The normalized spacial score (nSPS) is 11.9. The molecule has 0 fully saturated rings. The Kier molecular flexibility index (Phi) is 5.08. The Balaban J connectivity index is 2.45. The van der Waals surface area contributed by atoms with Crippen molar-refractivity contribution in [2.24, 2.45) is 0 Å². The average molecular weight is 243 g/mol. The van der Waals surface area contributed by atoms with Crippen molar-refractivity contribution in [1.29, 1.82) is 0 Å². The summed E-state index contributed by atoms with van der Waals surface area (Å²) in [6.45, 7) is 1.88. The van der Waals surface area contributed by atoms with E-state index in [1.54, 1.807) is 24.3 Å². The summed E-state index contributed by atoms with van der Waals surface area (Å²) in [5.74, 6) is 0. The number of hydrogen-bond acceptors (Lipinski definition) is 2. The maximum atomic E-state index is 11.5. The summed E-state index contributed by atoms with van der Waals surface area (Å²) in [4.78, 5) is 11.5. The number of benzene rings is 1. The second kappa shape index (κ2) is 6.35. The zero-order chi connectivity index (χ0) is 12.0. The van der Waals surface area contributed by atoms with Crippen LogP contribution in [0.3, 0.4) is 0 Å². The minimum absolute atomic E-state index is 0.0542. The Bertz CT molecular complexity index is 358. The topological polar surface area (TPSA) is 61.4 Å². The summed E-state index contributed by atoms with van der Waals surface area (Å²) in [7, 11) is 0. The molecule has 3 N–H and O–H groups in total. The molecule has 0 aromatic heterocycles. The number of carbonyl (C=O) groups is 1. The van der Waals surface area contributed by atoms with Gasteiger partial charge in [-0.05, 0) is 31.5 Å². The molecular weight excluding hydrogens is 228 g/mol. The Hall–Kier alpha value is -1.26. The highest BCUT2D eigenvalue weighted by Crippen LogP contribution is 2.14. The van der Waals surface area contributed by atoms with Crippen molar-refractivity contribution < 1.29 is 9.90 Å². The highest BCUT2D eigenvalue weighted by Gasteiger charge is 2.06. The lowest BCUT2D eigenvalue weighted by atomic mass is 10.2. The molecule has 1 unspecified atom stereocenters. The maximum absolute atomic E-state index is 11.5. The number of aliphatic hydroxyl groups excluding tert-OH is 1. The minimum atomic E-state index is -0.303. The molecule has 0 radical (unpaired) electrons. The molecule has 0 heterocycles. The van der Waals surface area contributed by atoms with Crippen LogP contribution in [-0.4, -0.2) is 23.8 Å². The Morgan fingerprint density at radius 1 is 1.56 bits per heavy atom. The van der Waals surface area contributed by atoms with Crippen LogP contribution in [0.25, 0.3) is 0 Å². The number of urea groups is 1. The van der Waals surface area contributed by atoms with Crippen molar-refractivity contribution in [1.82, 2.24) is 5.32 Å². The van der Waals surface area contributed by atoms with Crippen molar-refractivity contribution in [3.8, 4) is 0 Å². The van der Waals surface area contributed by atoms with E-state index in [2.05, 4.69) is 10.6 Å². The lowest BCUT2D eigenvalue weighted by Crippen LogP contribution is -2.36. The molecule has 1 atom stereocenters. The van der Waals surface area contributed by atoms with E-state index in [1.807, 2.05) is 6.92 Å². The van der Waals surface area contributed by atoms with E-state index in [-0.39, 0.29) is 18.7 Å². The van der Waals surface area contributed by atoms with Crippen molar-refractivity contribution in [3.05, 3.63) is 29.3 Å².